The van der Waals surface area contributed by atoms with E-state index in [2.05, 4.69) is 106 Å². The monoisotopic (exact) mass is 606 g/mol. The van der Waals surface area contributed by atoms with E-state index in [0.29, 0.717) is 5.41 Å². The third kappa shape index (κ3) is 9.69. The van der Waals surface area contributed by atoms with Crippen LogP contribution in [0.1, 0.15) is 120 Å². The van der Waals surface area contributed by atoms with Crippen LogP contribution in [0, 0.1) is 11.3 Å². The molecule has 1 aliphatic carbocycles. The molecular formula is C40H67N3O. The minimum absolute atomic E-state index is 0.599. The van der Waals surface area contributed by atoms with Crippen LogP contribution < -0.4 is 14.5 Å². The van der Waals surface area contributed by atoms with Gasteiger partial charge in [-0.1, -0.05) is 87.1 Å². The van der Waals surface area contributed by atoms with Gasteiger partial charge in [0.25, 0.3) is 0 Å². The van der Waals surface area contributed by atoms with Crippen LogP contribution in [0.2, 0.25) is 0 Å². The summed E-state index contributed by atoms with van der Waals surface area (Å²) in [6.07, 6.45) is 13.2. The number of aryl methyl sites for hydroxylation is 1. The van der Waals surface area contributed by atoms with Crippen molar-refractivity contribution in [3.8, 4) is 5.75 Å². The molecule has 1 aliphatic rings. The van der Waals surface area contributed by atoms with Crippen LogP contribution in [0.15, 0.2) is 43.0 Å². The Morgan fingerprint density at radius 3 is 1.70 bits per heavy atom. The Kier molecular flexibility index (Phi) is 16.2. The van der Waals surface area contributed by atoms with Crippen molar-refractivity contribution in [2.45, 2.75) is 127 Å². The van der Waals surface area contributed by atoms with Crippen molar-refractivity contribution >= 4 is 33.2 Å². The minimum atomic E-state index is 0.599. The van der Waals surface area contributed by atoms with E-state index in [-0.39, 0.29) is 0 Å². The van der Waals surface area contributed by atoms with Gasteiger partial charge < -0.3 is 19.1 Å². The summed E-state index contributed by atoms with van der Waals surface area (Å²) >= 11 is 0. The Bertz CT molecular complexity index is 1240. The average Bonchev–Trinajstić information content (AvgIpc) is 3.57. The number of rotatable bonds is 17. The standard InChI is InChI=1S/C31H49N3O.C7H12.C2H6/c1-7-12-18-32(19-13-8-2)25-16-17-28-26(22-25)27-23-30(33(20-14-9-3)21-15-10-4)31(35-6)24-29(27)34(28)11-5;1-4-6-5-7(6,2)3;1-2/h16-17,22-24H,7-15,18-21H2,1-6H3;4,6H,1,5H2,2-3H3;1-2H3. The molecule has 0 radical (unpaired) electrons. The quantitative estimate of drug-likeness (QED) is 0.143. The summed E-state index contributed by atoms with van der Waals surface area (Å²) in [5, 5.41) is 2.72. The van der Waals surface area contributed by atoms with Crippen LogP contribution in [0.4, 0.5) is 11.4 Å². The van der Waals surface area contributed by atoms with Crippen LogP contribution >= 0.6 is 0 Å². The number of fused-ring (bicyclic) bond motifs is 3. The van der Waals surface area contributed by atoms with Crippen molar-refractivity contribution < 1.29 is 4.74 Å². The van der Waals surface area contributed by atoms with Crippen molar-refractivity contribution in [2.75, 3.05) is 43.1 Å². The molecule has 4 heteroatoms. The van der Waals surface area contributed by atoms with Crippen LogP contribution in [-0.2, 0) is 6.54 Å². The first kappa shape index (κ1) is 37.6. The summed E-state index contributed by atoms with van der Waals surface area (Å²) in [4.78, 5) is 5.15. The zero-order valence-corrected chi connectivity index (χ0v) is 30.4. The summed E-state index contributed by atoms with van der Waals surface area (Å²) in [5.41, 5.74) is 5.81. The number of methoxy groups -OCH3 is 1. The molecule has 1 fully saturated rings. The SMILES string of the molecule is C=CC1CC1(C)C.CC.CCCCN(CCCC)c1ccc2c(c1)c1cc(N(CCCC)CCCC)c(OC)cc1n2CC. The van der Waals surface area contributed by atoms with Crippen LogP contribution in [0.3, 0.4) is 0 Å². The number of anilines is 2. The molecule has 1 aromatic heterocycles. The highest BCUT2D eigenvalue weighted by Crippen LogP contribution is 2.52. The largest absolute Gasteiger partial charge is 0.495 e. The zero-order chi connectivity index (χ0) is 32.7. The number of ether oxygens (including phenoxy) is 1. The molecule has 2 aromatic carbocycles. The van der Waals surface area contributed by atoms with Gasteiger partial charge >= 0.3 is 0 Å². The highest BCUT2D eigenvalue weighted by atomic mass is 16.5. The number of benzene rings is 2. The number of hydrogen-bond acceptors (Lipinski definition) is 3. The van der Waals surface area contributed by atoms with Gasteiger partial charge in [0.2, 0.25) is 0 Å². The maximum Gasteiger partial charge on any atom is 0.144 e. The summed E-state index contributed by atoms with van der Waals surface area (Å²) in [5.74, 6) is 1.81. The second kappa shape index (κ2) is 19.0. The predicted octanol–water partition coefficient (Wildman–Crippen LogP) is 11.9. The van der Waals surface area contributed by atoms with E-state index in [4.69, 9.17) is 4.74 Å². The topological polar surface area (TPSA) is 20.6 Å². The second-order valence-electron chi connectivity index (χ2n) is 12.9. The lowest BCUT2D eigenvalue weighted by molar-refractivity contribution is 0.414. The van der Waals surface area contributed by atoms with E-state index >= 15 is 0 Å². The van der Waals surface area contributed by atoms with Gasteiger partial charge in [0.1, 0.15) is 5.75 Å². The highest BCUT2D eigenvalue weighted by Gasteiger charge is 2.42. The van der Waals surface area contributed by atoms with E-state index in [1.54, 1.807) is 0 Å². The maximum atomic E-state index is 5.98. The second-order valence-corrected chi connectivity index (χ2v) is 12.9. The molecule has 1 saturated carbocycles. The molecule has 248 valence electrons. The molecule has 0 saturated heterocycles. The lowest BCUT2D eigenvalue weighted by Crippen LogP contribution is -2.26. The first-order chi connectivity index (χ1) is 21.3. The fraction of sp³-hybridized carbons (Fsp3) is 0.650. The van der Waals surface area contributed by atoms with Crippen molar-refractivity contribution in [1.82, 2.24) is 4.57 Å². The zero-order valence-electron chi connectivity index (χ0n) is 30.4. The fourth-order valence-electron chi connectivity index (χ4n) is 6.08. The van der Waals surface area contributed by atoms with E-state index in [1.165, 1.54) is 91.0 Å². The first-order valence-corrected chi connectivity index (χ1v) is 18.1. The summed E-state index contributed by atoms with van der Waals surface area (Å²) in [6.45, 7) is 29.0. The van der Waals surface area contributed by atoms with Gasteiger partial charge in [-0.2, -0.15) is 0 Å². The molecular weight excluding hydrogens is 538 g/mol. The molecule has 1 heterocycles. The molecule has 0 N–H and O–H groups in total. The molecule has 4 rings (SSSR count). The first-order valence-electron chi connectivity index (χ1n) is 18.1. The smallest absolute Gasteiger partial charge is 0.144 e. The van der Waals surface area contributed by atoms with E-state index in [0.717, 1.165) is 44.4 Å². The van der Waals surface area contributed by atoms with Crippen molar-refractivity contribution in [3.05, 3.63) is 43.0 Å². The van der Waals surface area contributed by atoms with Gasteiger partial charge in [-0.3, -0.25) is 0 Å². The Labute approximate surface area is 271 Å². The van der Waals surface area contributed by atoms with E-state index in [9.17, 15) is 0 Å². The van der Waals surface area contributed by atoms with Gasteiger partial charge in [0.15, 0.2) is 0 Å². The van der Waals surface area contributed by atoms with Crippen LogP contribution in [0.25, 0.3) is 21.8 Å². The number of hydrogen-bond donors (Lipinski definition) is 0. The summed E-state index contributed by atoms with van der Waals surface area (Å²) in [7, 11) is 1.82. The predicted molar refractivity (Wildman–Crippen MR) is 199 cm³/mol. The highest BCUT2D eigenvalue weighted by molar-refractivity contribution is 6.11. The Morgan fingerprint density at radius 1 is 0.795 bits per heavy atom. The molecule has 0 bridgehead atoms. The van der Waals surface area contributed by atoms with Gasteiger partial charge in [-0.25, -0.2) is 0 Å². The Morgan fingerprint density at radius 2 is 1.30 bits per heavy atom. The number of nitrogens with zero attached hydrogens (tertiary/aromatic N) is 3. The lowest BCUT2D eigenvalue weighted by Gasteiger charge is -2.27. The molecule has 4 nitrogen and oxygen atoms in total. The maximum absolute atomic E-state index is 5.98. The normalized spacial score (nSPS) is 14.8. The molecule has 1 unspecified atom stereocenters. The van der Waals surface area contributed by atoms with E-state index in [1.807, 2.05) is 21.0 Å². The molecule has 0 spiro atoms. The number of unbranched alkanes of at least 4 members (excludes halogenated alkanes) is 4. The number of allylic oxidation sites excluding steroid dienone is 1. The minimum Gasteiger partial charge on any atom is -0.495 e. The number of aromatic nitrogens is 1. The molecule has 0 amide bonds. The van der Waals surface area contributed by atoms with Crippen LogP contribution in [0.5, 0.6) is 5.75 Å². The third-order valence-electron chi connectivity index (χ3n) is 9.17. The molecule has 3 aromatic rings. The van der Waals surface area contributed by atoms with Gasteiger partial charge in [-0.05, 0) is 74.6 Å². The van der Waals surface area contributed by atoms with Crippen molar-refractivity contribution in [1.29, 1.82) is 0 Å². The van der Waals surface area contributed by atoms with Gasteiger partial charge in [0.05, 0.1) is 18.3 Å². The van der Waals surface area contributed by atoms with Crippen LogP contribution in [-0.4, -0.2) is 37.9 Å². The molecule has 0 aliphatic heterocycles. The van der Waals surface area contributed by atoms with Gasteiger partial charge in [0, 0.05) is 60.8 Å². The fourth-order valence-corrected chi connectivity index (χ4v) is 6.08. The Balaban J connectivity index is 0.000000649. The lowest BCUT2D eigenvalue weighted by atomic mass is 10.1. The summed E-state index contributed by atoms with van der Waals surface area (Å²) < 4.78 is 8.43. The Hall–Kier alpha value is -2.62. The molecule has 1 atom stereocenters. The van der Waals surface area contributed by atoms with Crippen molar-refractivity contribution in [3.63, 3.8) is 0 Å². The average molecular weight is 606 g/mol. The van der Waals surface area contributed by atoms with Gasteiger partial charge in [-0.15, -0.1) is 6.58 Å². The van der Waals surface area contributed by atoms with E-state index < -0.39 is 0 Å². The third-order valence-corrected chi connectivity index (χ3v) is 9.17. The van der Waals surface area contributed by atoms with Crippen molar-refractivity contribution in [2.24, 2.45) is 11.3 Å². The summed E-state index contributed by atoms with van der Waals surface area (Å²) in [6, 6.07) is 11.8. The molecule has 44 heavy (non-hydrogen) atoms.